The van der Waals surface area contributed by atoms with E-state index in [1.165, 1.54) is 25.3 Å². The maximum absolute atomic E-state index is 12.1. The van der Waals surface area contributed by atoms with Crippen LogP contribution in [0.5, 0.6) is 5.75 Å². The predicted molar refractivity (Wildman–Crippen MR) is 88.0 cm³/mol. The van der Waals surface area contributed by atoms with Gasteiger partial charge in [-0.2, -0.15) is 0 Å². The van der Waals surface area contributed by atoms with Crippen molar-refractivity contribution < 1.29 is 22.9 Å². The van der Waals surface area contributed by atoms with Gasteiger partial charge < -0.3 is 15.4 Å². The summed E-state index contributed by atoms with van der Waals surface area (Å²) in [5.41, 5.74) is -0.608. The highest BCUT2D eigenvalue weighted by Gasteiger charge is 2.39. The molecule has 10 heteroatoms. The molecule has 24 heavy (non-hydrogen) atoms. The van der Waals surface area contributed by atoms with Crippen LogP contribution in [0.4, 0.5) is 11.4 Å². The minimum Gasteiger partial charge on any atom is -0.495 e. The molecule has 1 aromatic carbocycles. The summed E-state index contributed by atoms with van der Waals surface area (Å²) in [4.78, 5) is 22.3. The molecule has 0 radical (unpaired) electrons. The molecular weight excluding hydrogens is 338 g/mol. The number of nitro benzene ring substituents is 1. The van der Waals surface area contributed by atoms with E-state index < -0.39 is 26.2 Å². The van der Waals surface area contributed by atoms with Crippen LogP contribution < -0.4 is 15.4 Å². The molecular formula is C14H19N3O6S. The smallest absolute Gasteiger partial charge is 0.271 e. The molecule has 0 bridgehead atoms. The number of ether oxygens (including phenoxy) is 1. The summed E-state index contributed by atoms with van der Waals surface area (Å²) in [6, 6.07) is 4.01. The number of sulfone groups is 1. The first-order valence-electron chi connectivity index (χ1n) is 7.22. The van der Waals surface area contributed by atoms with Crippen molar-refractivity contribution in [3.05, 3.63) is 28.3 Å². The largest absolute Gasteiger partial charge is 0.495 e. The summed E-state index contributed by atoms with van der Waals surface area (Å²) in [5.74, 6) is -0.0758. The zero-order valence-electron chi connectivity index (χ0n) is 13.4. The van der Waals surface area contributed by atoms with Gasteiger partial charge in [0.1, 0.15) is 5.75 Å². The number of carbonyl (C=O) groups is 1. The zero-order chi connectivity index (χ0) is 18.0. The standard InChI is InChI=1S/C14H19N3O6S/c1-14(5-6-24(21,22)9-14)16-13(18)8-15-11-7-10(17(19)20)3-4-12(11)23-2/h3-4,7,15H,5-6,8-9H2,1-2H3,(H,16,18)/t14-/m0/s1. The number of nitrogens with one attached hydrogen (secondary N) is 2. The fourth-order valence-corrected chi connectivity index (χ4v) is 4.71. The summed E-state index contributed by atoms with van der Waals surface area (Å²) in [6.07, 6.45) is 0.362. The van der Waals surface area contributed by atoms with Gasteiger partial charge in [-0.1, -0.05) is 0 Å². The van der Waals surface area contributed by atoms with Gasteiger partial charge in [0.15, 0.2) is 9.84 Å². The summed E-state index contributed by atoms with van der Waals surface area (Å²) < 4.78 is 28.2. The summed E-state index contributed by atoms with van der Waals surface area (Å²) >= 11 is 0. The van der Waals surface area contributed by atoms with Gasteiger partial charge in [-0.05, 0) is 19.4 Å². The van der Waals surface area contributed by atoms with E-state index in [1.54, 1.807) is 6.92 Å². The van der Waals surface area contributed by atoms with Crippen molar-refractivity contribution in [3.8, 4) is 5.75 Å². The Labute approximate surface area is 139 Å². The van der Waals surface area contributed by atoms with Crippen molar-refractivity contribution in [2.75, 3.05) is 30.5 Å². The quantitative estimate of drug-likeness (QED) is 0.567. The van der Waals surface area contributed by atoms with E-state index in [2.05, 4.69) is 10.6 Å². The molecule has 0 spiro atoms. The molecule has 1 aliphatic heterocycles. The van der Waals surface area contributed by atoms with Gasteiger partial charge in [-0.3, -0.25) is 14.9 Å². The fourth-order valence-electron chi connectivity index (χ4n) is 2.61. The molecule has 1 saturated heterocycles. The van der Waals surface area contributed by atoms with E-state index in [0.717, 1.165) is 0 Å². The Morgan fingerprint density at radius 2 is 2.17 bits per heavy atom. The number of benzene rings is 1. The van der Waals surface area contributed by atoms with Crippen molar-refractivity contribution in [1.82, 2.24) is 5.32 Å². The highest BCUT2D eigenvalue weighted by Crippen LogP contribution is 2.28. The number of rotatable bonds is 6. The van der Waals surface area contributed by atoms with Gasteiger partial charge in [0.2, 0.25) is 5.91 Å². The van der Waals surface area contributed by atoms with Gasteiger partial charge in [0, 0.05) is 12.1 Å². The lowest BCUT2D eigenvalue weighted by Crippen LogP contribution is -2.48. The molecule has 1 heterocycles. The van der Waals surface area contributed by atoms with Crippen molar-refractivity contribution in [2.45, 2.75) is 18.9 Å². The monoisotopic (exact) mass is 357 g/mol. The van der Waals surface area contributed by atoms with Gasteiger partial charge in [0.25, 0.3) is 5.69 Å². The first-order valence-corrected chi connectivity index (χ1v) is 9.04. The van der Waals surface area contributed by atoms with Gasteiger partial charge >= 0.3 is 0 Å². The van der Waals surface area contributed by atoms with E-state index in [4.69, 9.17) is 4.74 Å². The van der Waals surface area contributed by atoms with Crippen LogP contribution in [-0.4, -0.2) is 49.9 Å². The van der Waals surface area contributed by atoms with Crippen LogP contribution in [-0.2, 0) is 14.6 Å². The third kappa shape index (κ3) is 4.34. The first kappa shape index (κ1) is 18.0. The predicted octanol–water partition coefficient (Wildman–Crippen LogP) is 0.709. The molecule has 132 valence electrons. The lowest BCUT2D eigenvalue weighted by atomic mass is 10.0. The second-order valence-electron chi connectivity index (χ2n) is 5.95. The normalized spacial score (nSPS) is 21.9. The number of carbonyl (C=O) groups excluding carboxylic acids is 1. The molecule has 2 rings (SSSR count). The van der Waals surface area contributed by atoms with Gasteiger partial charge in [-0.15, -0.1) is 0 Å². The zero-order valence-corrected chi connectivity index (χ0v) is 14.2. The molecule has 1 amide bonds. The third-order valence-corrected chi connectivity index (χ3v) is 5.68. The number of nitrogens with zero attached hydrogens (tertiary/aromatic N) is 1. The molecule has 2 N–H and O–H groups in total. The van der Waals surface area contributed by atoms with Crippen molar-refractivity contribution in [1.29, 1.82) is 0 Å². The van der Waals surface area contributed by atoms with Crippen molar-refractivity contribution in [3.63, 3.8) is 0 Å². The molecule has 1 aromatic rings. The minimum absolute atomic E-state index is 0.0515. The SMILES string of the molecule is COc1ccc([N+](=O)[O-])cc1NCC(=O)N[C@@]1(C)CCS(=O)(=O)C1. The second-order valence-corrected chi connectivity index (χ2v) is 8.13. The van der Waals surface area contributed by atoms with Crippen LogP contribution in [0.25, 0.3) is 0 Å². The van der Waals surface area contributed by atoms with Crippen LogP contribution in [0, 0.1) is 10.1 Å². The Morgan fingerprint density at radius 1 is 1.46 bits per heavy atom. The Kier molecular flexibility index (Phi) is 4.97. The third-order valence-electron chi connectivity index (χ3n) is 3.78. The Balaban J connectivity index is 2.01. The Bertz CT molecular complexity index is 764. The fraction of sp³-hybridized carbons (Fsp3) is 0.500. The van der Waals surface area contributed by atoms with Crippen LogP contribution in [0.15, 0.2) is 18.2 Å². The highest BCUT2D eigenvalue weighted by molar-refractivity contribution is 7.91. The van der Waals surface area contributed by atoms with Crippen LogP contribution in [0.2, 0.25) is 0 Å². The van der Waals surface area contributed by atoms with E-state index in [9.17, 15) is 23.3 Å². The van der Waals surface area contributed by atoms with E-state index >= 15 is 0 Å². The van der Waals surface area contributed by atoms with E-state index in [1.807, 2.05) is 0 Å². The molecule has 0 aliphatic carbocycles. The Hall–Kier alpha value is -2.36. The lowest BCUT2D eigenvalue weighted by Gasteiger charge is -2.24. The Morgan fingerprint density at radius 3 is 2.71 bits per heavy atom. The van der Waals surface area contributed by atoms with Gasteiger partial charge in [0.05, 0.1) is 41.3 Å². The van der Waals surface area contributed by atoms with Crippen LogP contribution in [0.3, 0.4) is 0 Å². The number of hydrogen-bond donors (Lipinski definition) is 2. The molecule has 1 aliphatic rings. The average Bonchev–Trinajstić information content (AvgIpc) is 2.77. The van der Waals surface area contributed by atoms with Gasteiger partial charge in [-0.25, -0.2) is 8.42 Å². The summed E-state index contributed by atoms with van der Waals surface area (Å²) in [5, 5.41) is 16.3. The molecule has 1 fully saturated rings. The number of amides is 1. The highest BCUT2D eigenvalue weighted by atomic mass is 32.2. The maximum Gasteiger partial charge on any atom is 0.271 e. The minimum atomic E-state index is -3.12. The van der Waals surface area contributed by atoms with Crippen LogP contribution in [0.1, 0.15) is 13.3 Å². The molecule has 0 aromatic heterocycles. The number of anilines is 1. The summed E-state index contributed by atoms with van der Waals surface area (Å²) in [6.45, 7) is 1.52. The lowest BCUT2D eigenvalue weighted by molar-refractivity contribution is -0.384. The maximum atomic E-state index is 12.1. The molecule has 0 unspecified atom stereocenters. The first-order chi connectivity index (χ1) is 11.1. The number of hydrogen-bond acceptors (Lipinski definition) is 7. The van der Waals surface area contributed by atoms with Crippen molar-refractivity contribution in [2.24, 2.45) is 0 Å². The topological polar surface area (TPSA) is 128 Å². The molecule has 9 nitrogen and oxygen atoms in total. The van der Waals surface area contributed by atoms with E-state index in [0.29, 0.717) is 17.9 Å². The number of nitro groups is 1. The van der Waals surface area contributed by atoms with Crippen LogP contribution >= 0.6 is 0 Å². The molecule has 1 atom stereocenters. The average molecular weight is 357 g/mol. The van der Waals surface area contributed by atoms with Crippen molar-refractivity contribution >= 4 is 27.1 Å². The number of methoxy groups -OCH3 is 1. The second kappa shape index (κ2) is 6.63. The van der Waals surface area contributed by atoms with E-state index in [-0.39, 0.29) is 23.7 Å². The summed E-state index contributed by atoms with van der Waals surface area (Å²) in [7, 11) is -1.71. The number of non-ortho nitro benzene ring substituents is 1. The molecule has 0 saturated carbocycles.